The summed E-state index contributed by atoms with van der Waals surface area (Å²) < 4.78 is 0. The molecule has 3 nitrogen and oxygen atoms in total. The number of hydrogen-bond acceptors (Lipinski definition) is 2. The highest BCUT2D eigenvalue weighted by Gasteiger charge is 2.34. The van der Waals surface area contributed by atoms with Gasteiger partial charge >= 0.3 is 0 Å². The Labute approximate surface area is 103 Å². The van der Waals surface area contributed by atoms with Gasteiger partial charge in [-0.25, -0.2) is 0 Å². The van der Waals surface area contributed by atoms with E-state index >= 15 is 0 Å². The van der Waals surface area contributed by atoms with Crippen molar-refractivity contribution in [2.24, 2.45) is 5.92 Å². The Morgan fingerprint density at radius 2 is 2.18 bits per heavy atom. The van der Waals surface area contributed by atoms with Crippen LogP contribution >= 0.6 is 0 Å². The molecular formula is C14H20N2O. The second-order valence-corrected chi connectivity index (χ2v) is 4.73. The summed E-state index contributed by atoms with van der Waals surface area (Å²) >= 11 is 0. The fourth-order valence-electron chi connectivity index (χ4n) is 2.18. The van der Waals surface area contributed by atoms with Crippen molar-refractivity contribution in [3.63, 3.8) is 0 Å². The summed E-state index contributed by atoms with van der Waals surface area (Å²) in [5.41, 5.74) is 2.07. The molecule has 92 valence electrons. The molecule has 0 aliphatic heterocycles. The zero-order chi connectivity index (χ0) is 12.3. The second kappa shape index (κ2) is 5.32. The molecule has 1 aliphatic rings. The van der Waals surface area contributed by atoms with E-state index in [-0.39, 0.29) is 5.91 Å². The summed E-state index contributed by atoms with van der Waals surface area (Å²) in [4.78, 5) is 11.1. The van der Waals surface area contributed by atoms with Gasteiger partial charge in [0.15, 0.2) is 0 Å². The van der Waals surface area contributed by atoms with Crippen molar-refractivity contribution >= 4 is 11.6 Å². The lowest BCUT2D eigenvalue weighted by Crippen LogP contribution is -2.19. The maximum absolute atomic E-state index is 11.1. The Morgan fingerprint density at radius 1 is 1.41 bits per heavy atom. The SMILES string of the molecule is CCC1CC1NCc1ccccc1NC(C)=O. The van der Waals surface area contributed by atoms with E-state index in [9.17, 15) is 4.79 Å². The van der Waals surface area contributed by atoms with Crippen LogP contribution in [0.3, 0.4) is 0 Å². The van der Waals surface area contributed by atoms with Crippen molar-refractivity contribution in [3.8, 4) is 0 Å². The van der Waals surface area contributed by atoms with Gasteiger partial charge in [-0.2, -0.15) is 0 Å². The van der Waals surface area contributed by atoms with Gasteiger partial charge in [-0.15, -0.1) is 0 Å². The highest BCUT2D eigenvalue weighted by molar-refractivity contribution is 5.89. The monoisotopic (exact) mass is 232 g/mol. The largest absolute Gasteiger partial charge is 0.326 e. The van der Waals surface area contributed by atoms with Gasteiger partial charge in [-0.3, -0.25) is 4.79 Å². The van der Waals surface area contributed by atoms with E-state index in [2.05, 4.69) is 23.6 Å². The van der Waals surface area contributed by atoms with E-state index in [1.54, 1.807) is 0 Å². The van der Waals surface area contributed by atoms with Crippen LogP contribution in [-0.4, -0.2) is 11.9 Å². The topological polar surface area (TPSA) is 41.1 Å². The Kier molecular flexibility index (Phi) is 3.79. The lowest BCUT2D eigenvalue weighted by atomic mass is 10.1. The van der Waals surface area contributed by atoms with Crippen molar-refractivity contribution < 1.29 is 4.79 Å². The number of para-hydroxylation sites is 1. The zero-order valence-corrected chi connectivity index (χ0v) is 10.5. The van der Waals surface area contributed by atoms with E-state index in [1.807, 2.05) is 18.2 Å². The molecule has 0 bridgehead atoms. The third kappa shape index (κ3) is 3.30. The number of benzene rings is 1. The first kappa shape index (κ1) is 12.1. The van der Waals surface area contributed by atoms with Crippen LogP contribution in [0.5, 0.6) is 0 Å². The van der Waals surface area contributed by atoms with Crippen molar-refractivity contribution in [2.45, 2.75) is 39.3 Å². The normalized spacial score (nSPS) is 22.2. The van der Waals surface area contributed by atoms with Crippen molar-refractivity contribution in [1.29, 1.82) is 0 Å². The molecule has 1 saturated carbocycles. The molecule has 1 aliphatic carbocycles. The molecule has 0 spiro atoms. The van der Waals surface area contributed by atoms with Crippen LogP contribution in [0.2, 0.25) is 0 Å². The first-order valence-electron chi connectivity index (χ1n) is 6.29. The third-order valence-electron chi connectivity index (χ3n) is 3.33. The Bertz CT molecular complexity index is 403. The molecule has 1 amide bonds. The van der Waals surface area contributed by atoms with Crippen LogP contribution in [0.1, 0.15) is 32.3 Å². The minimum Gasteiger partial charge on any atom is -0.326 e. The second-order valence-electron chi connectivity index (χ2n) is 4.73. The summed E-state index contributed by atoms with van der Waals surface area (Å²) in [5.74, 6) is 0.832. The van der Waals surface area contributed by atoms with Crippen molar-refractivity contribution in [3.05, 3.63) is 29.8 Å². The molecule has 0 heterocycles. The molecule has 2 atom stereocenters. The lowest BCUT2D eigenvalue weighted by Gasteiger charge is -2.10. The quantitative estimate of drug-likeness (QED) is 0.819. The van der Waals surface area contributed by atoms with Crippen LogP contribution < -0.4 is 10.6 Å². The highest BCUT2D eigenvalue weighted by atomic mass is 16.1. The summed E-state index contributed by atoms with van der Waals surface area (Å²) in [5, 5.41) is 6.40. The number of nitrogens with one attached hydrogen (secondary N) is 2. The van der Waals surface area contributed by atoms with Crippen LogP contribution in [0.15, 0.2) is 24.3 Å². The molecule has 0 aromatic heterocycles. The van der Waals surface area contributed by atoms with E-state index in [4.69, 9.17) is 0 Å². The Balaban J connectivity index is 1.93. The van der Waals surface area contributed by atoms with Gasteiger partial charge in [0, 0.05) is 25.2 Å². The lowest BCUT2D eigenvalue weighted by molar-refractivity contribution is -0.114. The van der Waals surface area contributed by atoms with Crippen molar-refractivity contribution in [2.75, 3.05) is 5.32 Å². The van der Waals surface area contributed by atoms with Gasteiger partial charge in [0.2, 0.25) is 5.91 Å². The third-order valence-corrected chi connectivity index (χ3v) is 3.33. The molecule has 1 fully saturated rings. The van der Waals surface area contributed by atoms with Gasteiger partial charge in [0.1, 0.15) is 0 Å². The molecule has 3 heteroatoms. The van der Waals surface area contributed by atoms with Crippen LogP contribution in [-0.2, 0) is 11.3 Å². The highest BCUT2D eigenvalue weighted by Crippen LogP contribution is 2.33. The fourth-order valence-corrected chi connectivity index (χ4v) is 2.18. The first-order valence-corrected chi connectivity index (χ1v) is 6.29. The Morgan fingerprint density at radius 3 is 2.82 bits per heavy atom. The standard InChI is InChI=1S/C14H20N2O/c1-3-11-8-14(11)15-9-12-6-4-5-7-13(12)16-10(2)17/h4-7,11,14-15H,3,8-9H2,1-2H3,(H,16,17). The maximum atomic E-state index is 11.1. The van der Waals surface area contributed by atoms with Crippen LogP contribution in [0.4, 0.5) is 5.69 Å². The Hall–Kier alpha value is -1.35. The van der Waals surface area contributed by atoms with Crippen LogP contribution in [0, 0.1) is 5.92 Å². The number of amides is 1. The molecule has 1 aromatic rings. The number of hydrogen-bond donors (Lipinski definition) is 2. The molecule has 2 rings (SSSR count). The molecule has 0 radical (unpaired) electrons. The van der Waals surface area contributed by atoms with E-state index < -0.39 is 0 Å². The van der Waals surface area contributed by atoms with Crippen LogP contribution in [0.25, 0.3) is 0 Å². The van der Waals surface area contributed by atoms with Gasteiger partial charge in [-0.1, -0.05) is 31.5 Å². The van der Waals surface area contributed by atoms with Gasteiger partial charge in [-0.05, 0) is 24.0 Å². The molecular weight excluding hydrogens is 212 g/mol. The predicted molar refractivity (Wildman–Crippen MR) is 69.8 cm³/mol. The van der Waals surface area contributed by atoms with Gasteiger partial charge < -0.3 is 10.6 Å². The van der Waals surface area contributed by atoms with Crippen molar-refractivity contribution in [1.82, 2.24) is 5.32 Å². The van der Waals surface area contributed by atoms with E-state index in [1.165, 1.54) is 19.8 Å². The summed E-state index contributed by atoms with van der Waals surface area (Å²) in [6.07, 6.45) is 2.55. The fraction of sp³-hybridized carbons (Fsp3) is 0.500. The molecule has 17 heavy (non-hydrogen) atoms. The maximum Gasteiger partial charge on any atom is 0.221 e. The summed E-state index contributed by atoms with van der Waals surface area (Å²) in [7, 11) is 0. The number of anilines is 1. The average molecular weight is 232 g/mol. The van der Waals surface area contributed by atoms with Gasteiger partial charge in [0.05, 0.1) is 0 Å². The predicted octanol–water partition coefficient (Wildman–Crippen LogP) is 2.53. The average Bonchev–Trinajstić information content (AvgIpc) is 3.06. The molecule has 2 unspecified atom stereocenters. The zero-order valence-electron chi connectivity index (χ0n) is 10.5. The molecule has 0 saturated heterocycles. The molecule has 2 N–H and O–H groups in total. The number of rotatable bonds is 5. The summed E-state index contributed by atoms with van der Waals surface area (Å²) in [6.45, 7) is 4.60. The van der Waals surface area contributed by atoms with E-state index in [0.29, 0.717) is 6.04 Å². The minimum atomic E-state index is -0.0182. The smallest absolute Gasteiger partial charge is 0.221 e. The number of carbonyl (C=O) groups excluding carboxylic acids is 1. The first-order chi connectivity index (χ1) is 8.20. The van der Waals surface area contributed by atoms with Gasteiger partial charge in [0.25, 0.3) is 0 Å². The minimum absolute atomic E-state index is 0.0182. The van der Waals surface area contributed by atoms with E-state index in [0.717, 1.165) is 23.7 Å². The molecule has 1 aromatic carbocycles. The number of carbonyl (C=O) groups is 1. The summed E-state index contributed by atoms with van der Waals surface area (Å²) in [6, 6.07) is 8.63.